The molecular weight excluding hydrogens is 360 g/mol. The SMILES string of the molecule is CC(C)O[C@H](C(=O)O[C@H]1CCCC[C@@H]1C(C)(C)c1ccccc1)c1ccccc1. The normalized spacial score (nSPS) is 21.0. The second-order valence-electron chi connectivity index (χ2n) is 8.93. The fourth-order valence-electron chi connectivity index (χ4n) is 4.53. The lowest BCUT2D eigenvalue weighted by Crippen LogP contribution is -2.42. The molecule has 156 valence electrons. The van der Waals surface area contributed by atoms with Gasteiger partial charge in [0, 0.05) is 5.92 Å². The van der Waals surface area contributed by atoms with E-state index < -0.39 is 6.10 Å². The van der Waals surface area contributed by atoms with Gasteiger partial charge in [-0.15, -0.1) is 0 Å². The molecule has 0 amide bonds. The summed E-state index contributed by atoms with van der Waals surface area (Å²) >= 11 is 0. The van der Waals surface area contributed by atoms with E-state index in [-0.39, 0.29) is 29.5 Å². The van der Waals surface area contributed by atoms with E-state index in [4.69, 9.17) is 9.47 Å². The van der Waals surface area contributed by atoms with Gasteiger partial charge in [-0.05, 0) is 49.7 Å². The third-order valence-electron chi connectivity index (χ3n) is 6.14. The second kappa shape index (κ2) is 9.58. The van der Waals surface area contributed by atoms with Crippen LogP contribution in [0.4, 0.5) is 0 Å². The summed E-state index contributed by atoms with van der Waals surface area (Å²) in [5.74, 6) is 0.0173. The van der Waals surface area contributed by atoms with Gasteiger partial charge in [0.05, 0.1) is 6.10 Å². The Labute approximate surface area is 175 Å². The summed E-state index contributed by atoms with van der Waals surface area (Å²) in [6, 6.07) is 20.3. The molecule has 1 saturated carbocycles. The summed E-state index contributed by atoms with van der Waals surface area (Å²) < 4.78 is 12.1. The van der Waals surface area contributed by atoms with Crippen LogP contribution in [-0.4, -0.2) is 18.2 Å². The summed E-state index contributed by atoms with van der Waals surface area (Å²) in [6.07, 6.45) is 3.43. The van der Waals surface area contributed by atoms with E-state index in [0.717, 1.165) is 24.8 Å². The molecule has 0 aromatic heterocycles. The molecule has 0 saturated heterocycles. The molecule has 0 unspecified atom stereocenters. The van der Waals surface area contributed by atoms with Gasteiger partial charge in [-0.2, -0.15) is 0 Å². The first-order chi connectivity index (χ1) is 13.9. The molecule has 0 spiro atoms. The predicted molar refractivity (Wildman–Crippen MR) is 117 cm³/mol. The molecule has 0 aliphatic heterocycles. The minimum atomic E-state index is -0.682. The Morgan fingerprint density at radius 1 is 0.931 bits per heavy atom. The van der Waals surface area contributed by atoms with Crippen molar-refractivity contribution in [3.05, 3.63) is 71.8 Å². The van der Waals surface area contributed by atoms with E-state index in [1.807, 2.05) is 50.2 Å². The van der Waals surface area contributed by atoms with Gasteiger partial charge in [0.25, 0.3) is 0 Å². The maximum atomic E-state index is 13.2. The van der Waals surface area contributed by atoms with Gasteiger partial charge in [-0.1, -0.05) is 80.9 Å². The lowest BCUT2D eigenvalue weighted by Gasteiger charge is -2.42. The number of hydrogen-bond acceptors (Lipinski definition) is 3. The van der Waals surface area contributed by atoms with Crippen LogP contribution in [0.15, 0.2) is 60.7 Å². The Morgan fingerprint density at radius 2 is 1.52 bits per heavy atom. The molecule has 1 aliphatic carbocycles. The molecular formula is C26H34O3. The standard InChI is InChI=1S/C26H34O3/c1-19(2)28-24(20-13-7-5-8-14-20)25(27)29-23-18-12-11-17-22(23)26(3,4)21-15-9-6-10-16-21/h5-10,13-16,19,22-24H,11-12,17-18H2,1-4H3/t22-,23-,24-/m0/s1. The van der Waals surface area contributed by atoms with Crippen molar-refractivity contribution in [3.63, 3.8) is 0 Å². The molecule has 2 aromatic rings. The van der Waals surface area contributed by atoms with E-state index in [1.54, 1.807) is 0 Å². The van der Waals surface area contributed by atoms with Crippen LogP contribution in [0.1, 0.15) is 70.6 Å². The fraction of sp³-hybridized carbons (Fsp3) is 0.500. The summed E-state index contributed by atoms with van der Waals surface area (Å²) in [4.78, 5) is 13.2. The number of hydrogen-bond donors (Lipinski definition) is 0. The van der Waals surface area contributed by atoms with Crippen LogP contribution >= 0.6 is 0 Å². The summed E-state index contributed by atoms with van der Waals surface area (Å²) in [6.45, 7) is 8.45. The molecule has 3 atom stereocenters. The third kappa shape index (κ3) is 5.27. The van der Waals surface area contributed by atoms with E-state index in [9.17, 15) is 4.79 Å². The largest absolute Gasteiger partial charge is 0.460 e. The van der Waals surface area contributed by atoms with Crippen molar-refractivity contribution in [2.45, 2.75) is 77.1 Å². The van der Waals surface area contributed by atoms with E-state index in [1.165, 1.54) is 12.0 Å². The minimum Gasteiger partial charge on any atom is -0.460 e. The summed E-state index contributed by atoms with van der Waals surface area (Å²) in [5.41, 5.74) is 2.08. The molecule has 0 heterocycles. The molecule has 3 heteroatoms. The molecule has 2 aromatic carbocycles. The lowest BCUT2D eigenvalue weighted by atomic mass is 9.66. The molecule has 29 heavy (non-hydrogen) atoms. The first-order valence-corrected chi connectivity index (χ1v) is 10.9. The van der Waals surface area contributed by atoms with Crippen LogP contribution in [-0.2, 0) is 19.7 Å². The zero-order valence-corrected chi connectivity index (χ0v) is 18.1. The van der Waals surface area contributed by atoms with Crippen LogP contribution in [0.5, 0.6) is 0 Å². The summed E-state index contributed by atoms with van der Waals surface area (Å²) in [5, 5.41) is 0. The average Bonchev–Trinajstić information content (AvgIpc) is 2.73. The van der Waals surface area contributed by atoms with E-state index in [0.29, 0.717) is 0 Å². The topological polar surface area (TPSA) is 35.5 Å². The van der Waals surface area contributed by atoms with Crippen molar-refractivity contribution in [3.8, 4) is 0 Å². The number of benzene rings is 2. The van der Waals surface area contributed by atoms with Crippen LogP contribution in [0.25, 0.3) is 0 Å². The minimum absolute atomic E-state index is 0.0596. The zero-order valence-electron chi connectivity index (χ0n) is 18.1. The first-order valence-electron chi connectivity index (χ1n) is 10.9. The maximum absolute atomic E-state index is 13.2. The van der Waals surface area contributed by atoms with Crippen molar-refractivity contribution in [1.82, 2.24) is 0 Å². The average molecular weight is 395 g/mol. The van der Waals surface area contributed by atoms with Gasteiger partial charge in [0.1, 0.15) is 6.10 Å². The van der Waals surface area contributed by atoms with Crippen molar-refractivity contribution >= 4 is 5.97 Å². The van der Waals surface area contributed by atoms with Gasteiger partial charge in [-0.25, -0.2) is 4.79 Å². The van der Waals surface area contributed by atoms with Gasteiger partial charge in [-0.3, -0.25) is 0 Å². The highest BCUT2D eigenvalue weighted by molar-refractivity contribution is 5.76. The third-order valence-corrected chi connectivity index (χ3v) is 6.14. The Kier molecular flexibility index (Phi) is 7.13. The van der Waals surface area contributed by atoms with Crippen LogP contribution in [0, 0.1) is 5.92 Å². The Morgan fingerprint density at radius 3 is 2.14 bits per heavy atom. The quantitative estimate of drug-likeness (QED) is 0.522. The fourth-order valence-corrected chi connectivity index (χ4v) is 4.53. The molecule has 3 nitrogen and oxygen atoms in total. The Bertz CT molecular complexity index is 767. The smallest absolute Gasteiger partial charge is 0.340 e. The lowest BCUT2D eigenvalue weighted by molar-refractivity contribution is -0.172. The van der Waals surface area contributed by atoms with Gasteiger partial charge >= 0.3 is 5.97 Å². The van der Waals surface area contributed by atoms with Gasteiger partial charge in [0.2, 0.25) is 0 Å². The highest BCUT2D eigenvalue weighted by Crippen LogP contribution is 2.42. The van der Waals surface area contributed by atoms with Crippen molar-refractivity contribution in [1.29, 1.82) is 0 Å². The molecule has 0 radical (unpaired) electrons. The number of esters is 1. The number of rotatable bonds is 7. The number of carbonyl (C=O) groups excluding carboxylic acids is 1. The second-order valence-corrected chi connectivity index (χ2v) is 8.93. The zero-order chi connectivity index (χ0) is 20.9. The van der Waals surface area contributed by atoms with Crippen LogP contribution in [0.2, 0.25) is 0 Å². The van der Waals surface area contributed by atoms with Crippen molar-refractivity contribution in [2.75, 3.05) is 0 Å². The molecule has 0 N–H and O–H groups in total. The predicted octanol–water partition coefficient (Wildman–Crippen LogP) is 6.23. The monoisotopic (exact) mass is 394 g/mol. The van der Waals surface area contributed by atoms with E-state index >= 15 is 0 Å². The highest BCUT2D eigenvalue weighted by atomic mass is 16.6. The summed E-state index contributed by atoms with van der Waals surface area (Å²) in [7, 11) is 0. The molecule has 3 rings (SSSR count). The Hall–Kier alpha value is -2.13. The number of ether oxygens (including phenoxy) is 2. The first kappa shape index (κ1) is 21.6. The van der Waals surface area contributed by atoms with Gasteiger partial charge < -0.3 is 9.47 Å². The van der Waals surface area contributed by atoms with Crippen LogP contribution in [0.3, 0.4) is 0 Å². The molecule has 1 fully saturated rings. The molecule has 0 bridgehead atoms. The number of carbonyl (C=O) groups is 1. The van der Waals surface area contributed by atoms with Crippen molar-refractivity contribution in [2.24, 2.45) is 5.92 Å². The van der Waals surface area contributed by atoms with Crippen LogP contribution < -0.4 is 0 Å². The van der Waals surface area contributed by atoms with Gasteiger partial charge in [0.15, 0.2) is 6.10 Å². The maximum Gasteiger partial charge on any atom is 0.340 e. The van der Waals surface area contributed by atoms with Crippen molar-refractivity contribution < 1.29 is 14.3 Å². The highest BCUT2D eigenvalue weighted by Gasteiger charge is 2.41. The molecule has 1 aliphatic rings. The Balaban J connectivity index is 1.81. The van der Waals surface area contributed by atoms with E-state index in [2.05, 4.69) is 38.1 Å².